The Morgan fingerprint density at radius 2 is 2.29 bits per heavy atom. The number of carbonyl (C=O) groups is 1. The number of hydrogen-bond acceptors (Lipinski definition) is 3. The highest BCUT2D eigenvalue weighted by atomic mass is 35.5. The Hall–Kier alpha value is -0.510. The minimum absolute atomic E-state index is 0.458. The highest BCUT2D eigenvalue weighted by molar-refractivity contribution is 7.83. The van der Waals surface area contributed by atoms with Gasteiger partial charge in [-0.3, -0.25) is 4.79 Å². The summed E-state index contributed by atoms with van der Waals surface area (Å²) in [5.41, 5.74) is 1.74. The first kappa shape index (κ1) is 10.0. The van der Waals surface area contributed by atoms with Crippen LogP contribution in [0.25, 0.3) is 10.1 Å². The molecule has 2 rings (SSSR count). The van der Waals surface area contributed by atoms with Crippen molar-refractivity contribution in [3.05, 3.63) is 29.3 Å². The average Bonchev–Trinajstić information content (AvgIpc) is 2.51. The second-order valence-electron chi connectivity index (χ2n) is 2.89. The Bertz CT molecular complexity index is 490. The van der Waals surface area contributed by atoms with Crippen LogP contribution in [0.4, 0.5) is 0 Å². The quantitative estimate of drug-likeness (QED) is 0.482. The van der Waals surface area contributed by atoms with E-state index in [1.807, 2.05) is 12.1 Å². The summed E-state index contributed by atoms with van der Waals surface area (Å²) < 4.78 is 1.99. The number of hydrogen-bond donors (Lipinski definition) is 1. The fourth-order valence-corrected chi connectivity index (χ4v) is 3.31. The molecule has 0 saturated heterocycles. The monoisotopic (exact) mass is 242 g/mol. The molecule has 4 heteroatoms. The molecule has 1 aromatic carbocycles. The molecule has 1 nitrogen and oxygen atoms in total. The largest absolute Gasteiger partial charge is 0.298 e. The molecule has 14 heavy (non-hydrogen) atoms. The van der Waals surface area contributed by atoms with Crippen LogP contribution in [0.5, 0.6) is 0 Å². The van der Waals surface area contributed by atoms with Crippen molar-refractivity contribution in [3.8, 4) is 0 Å². The van der Waals surface area contributed by atoms with Gasteiger partial charge in [0.2, 0.25) is 0 Å². The van der Waals surface area contributed by atoms with Gasteiger partial charge in [-0.1, -0.05) is 12.1 Å². The average molecular weight is 243 g/mol. The number of aldehydes is 1. The Labute approximate surface area is 96.1 Å². The summed E-state index contributed by atoms with van der Waals surface area (Å²) in [6.45, 7) is 0. The standard InChI is InChI=1S/C10H7ClOS2/c11-4-8-7-2-1-6(5-12)3-9(7)14-10(8)13/h1-3,5,13H,4H2. The Balaban J connectivity index is 2.74. The van der Waals surface area contributed by atoms with Crippen LogP contribution in [0.2, 0.25) is 0 Å². The van der Waals surface area contributed by atoms with Crippen molar-refractivity contribution in [1.29, 1.82) is 0 Å². The zero-order valence-electron chi connectivity index (χ0n) is 7.16. The summed E-state index contributed by atoms with van der Waals surface area (Å²) in [7, 11) is 0. The Morgan fingerprint density at radius 3 is 2.93 bits per heavy atom. The van der Waals surface area contributed by atoms with Gasteiger partial charge >= 0.3 is 0 Å². The van der Waals surface area contributed by atoms with Crippen LogP contribution in [-0.4, -0.2) is 6.29 Å². The molecule has 0 radical (unpaired) electrons. The van der Waals surface area contributed by atoms with E-state index in [9.17, 15) is 4.79 Å². The molecule has 0 aliphatic carbocycles. The molecule has 0 saturated carbocycles. The van der Waals surface area contributed by atoms with E-state index in [0.717, 1.165) is 26.1 Å². The van der Waals surface area contributed by atoms with Gasteiger partial charge in [0.25, 0.3) is 0 Å². The van der Waals surface area contributed by atoms with Gasteiger partial charge in [-0.15, -0.1) is 35.6 Å². The number of halogens is 1. The van der Waals surface area contributed by atoms with Crippen LogP contribution < -0.4 is 0 Å². The predicted octanol–water partition coefficient (Wildman–Crippen LogP) is 3.74. The lowest BCUT2D eigenvalue weighted by atomic mass is 10.1. The van der Waals surface area contributed by atoms with E-state index >= 15 is 0 Å². The third-order valence-corrected chi connectivity index (χ3v) is 3.87. The van der Waals surface area contributed by atoms with E-state index in [1.54, 1.807) is 17.4 Å². The first-order valence-electron chi connectivity index (χ1n) is 4.02. The molecular weight excluding hydrogens is 236 g/mol. The highest BCUT2D eigenvalue weighted by Gasteiger charge is 2.08. The van der Waals surface area contributed by atoms with Gasteiger partial charge in [0.15, 0.2) is 0 Å². The van der Waals surface area contributed by atoms with Gasteiger partial charge in [-0.25, -0.2) is 0 Å². The molecule has 1 aromatic heterocycles. The number of rotatable bonds is 2. The van der Waals surface area contributed by atoms with Crippen molar-refractivity contribution in [3.63, 3.8) is 0 Å². The van der Waals surface area contributed by atoms with Gasteiger partial charge in [0.1, 0.15) is 6.29 Å². The van der Waals surface area contributed by atoms with Crippen molar-refractivity contribution in [2.24, 2.45) is 0 Å². The van der Waals surface area contributed by atoms with Crippen LogP contribution in [-0.2, 0) is 5.88 Å². The second-order valence-corrected chi connectivity index (χ2v) is 4.96. The third kappa shape index (κ3) is 1.56. The van der Waals surface area contributed by atoms with Gasteiger partial charge in [0.05, 0.1) is 4.21 Å². The van der Waals surface area contributed by atoms with Gasteiger partial charge in [0, 0.05) is 16.1 Å². The zero-order chi connectivity index (χ0) is 10.1. The zero-order valence-corrected chi connectivity index (χ0v) is 9.63. The van der Waals surface area contributed by atoms with E-state index in [0.29, 0.717) is 11.4 Å². The maximum absolute atomic E-state index is 10.6. The summed E-state index contributed by atoms with van der Waals surface area (Å²) in [5, 5.41) is 1.10. The molecule has 2 aromatic rings. The molecule has 0 aliphatic rings. The molecule has 0 amide bonds. The van der Waals surface area contributed by atoms with Crippen molar-refractivity contribution < 1.29 is 4.79 Å². The van der Waals surface area contributed by atoms with Gasteiger partial charge < -0.3 is 0 Å². The van der Waals surface area contributed by atoms with Gasteiger partial charge in [-0.05, 0) is 17.0 Å². The summed E-state index contributed by atoms with van der Waals surface area (Å²) in [6.07, 6.45) is 0.845. The maximum Gasteiger partial charge on any atom is 0.150 e. The molecule has 0 unspecified atom stereocenters. The van der Waals surface area contributed by atoms with Crippen molar-refractivity contribution in [2.45, 2.75) is 10.1 Å². The molecule has 0 aliphatic heterocycles. The summed E-state index contributed by atoms with van der Waals surface area (Å²) in [6, 6.07) is 5.58. The summed E-state index contributed by atoms with van der Waals surface area (Å²) in [5.74, 6) is 0.458. The highest BCUT2D eigenvalue weighted by Crippen LogP contribution is 2.35. The fourth-order valence-electron chi connectivity index (χ4n) is 1.36. The minimum Gasteiger partial charge on any atom is -0.298 e. The van der Waals surface area contributed by atoms with Crippen molar-refractivity contribution >= 4 is 51.9 Å². The number of carbonyl (C=O) groups excluding carboxylic acids is 1. The van der Waals surface area contributed by atoms with Crippen LogP contribution in [0.15, 0.2) is 22.4 Å². The van der Waals surface area contributed by atoms with E-state index in [4.69, 9.17) is 11.6 Å². The maximum atomic E-state index is 10.6. The molecule has 72 valence electrons. The lowest BCUT2D eigenvalue weighted by Gasteiger charge is -1.94. The van der Waals surface area contributed by atoms with E-state index in [2.05, 4.69) is 12.6 Å². The Morgan fingerprint density at radius 1 is 1.50 bits per heavy atom. The molecule has 0 spiro atoms. The normalized spacial score (nSPS) is 10.7. The number of thiol groups is 1. The molecular formula is C10H7ClOS2. The van der Waals surface area contributed by atoms with Crippen molar-refractivity contribution in [2.75, 3.05) is 0 Å². The first-order valence-corrected chi connectivity index (χ1v) is 5.81. The van der Waals surface area contributed by atoms with Gasteiger partial charge in [-0.2, -0.15) is 0 Å². The molecule has 0 atom stereocenters. The van der Waals surface area contributed by atoms with E-state index in [1.165, 1.54) is 0 Å². The lowest BCUT2D eigenvalue weighted by molar-refractivity contribution is 0.112. The SMILES string of the molecule is O=Cc1ccc2c(CCl)c(S)sc2c1. The molecule has 0 fully saturated rings. The van der Waals surface area contributed by atoms with E-state index < -0.39 is 0 Å². The smallest absolute Gasteiger partial charge is 0.150 e. The topological polar surface area (TPSA) is 17.1 Å². The summed E-state index contributed by atoms with van der Waals surface area (Å²) >= 11 is 11.7. The number of thiophene rings is 1. The van der Waals surface area contributed by atoms with Crippen LogP contribution in [0, 0.1) is 0 Å². The Kier molecular flexibility index (Phi) is 2.81. The number of alkyl halides is 1. The van der Waals surface area contributed by atoms with Crippen LogP contribution in [0.3, 0.4) is 0 Å². The van der Waals surface area contributed by atoms with Crippen LogP contribution in [0.1, 0.15) is 15.9 Å². The van der Waals surface area contributed by atoms with Crippen molar-refractivity contribution in [1.82, 2.24) is 0 Å². The first-order chi connectivity index (χ1) is 6.76. The predicted molar refractivity (Wildman–Crippen MR) is 64.0 cm³/mol. The van der Waals surface area contributed by atoms with E-state index in [-0.39, 0.29) is 0 Å². The summed E-state index contributed by atoms with van der Waals surface area (Å²) in [4.78, 5) is 10.6. The second kappa shape index (κ2) is 3.93. The third-order valence-electron chi connectivity index (χ3n) is 2.07. The minimum atomic E-state index is 0.458. The van der Waals surface area contributed by atoms with Crippen LogP contribution >= 0.6 is 35.6 Å². The number of fused-ring (bicyclic) bond motifs is 1. The molecule has 0 bridgehead atoms. The fraction of sp³-hybridized carbons (Fsp3) is 0.100. The molecule has 1 heterocycles. The molecule has 0 N–H and O–H groups in total. The number of benzene rings is 1. The lowest BCUT2D eigenvalue weighted by Crippen LogP contribution is -1.79.